The maximum atomic E-state index is 5.97. The predicted molar refractivity (Wildman–Crippen MR) is 70.4 cm³/mol. The molecule has 1 aliphatic carbocycles. The fraction of sp³-hybridized carbons (Fsp3) is 1.00. The highest BCUT2D eigenvalue weighted by molar-refractivity contribution is 4.96. The monoisotopic (exact) mass is 240 g/mol. The van der Waals surface area contributed by atoms with Crippen LogP contribution in [-0.2, 0) is 4.74 Å². The van der Waals surface area contributed by atoms with E-state index in [0.717, 1.165) is 18.9 Å². The molecule has 2 fully saturated rings. The summed E-state index contributed by atoms with van der Waals surface area (Å²) < 4.78 is 5.97. The number of hydrogen-bond donors (Lipinski definition) is 2. The van der Waals surface area contributed by atoms with Crippen LogP contribution in [0.4, 0.5) is 0 Å². The Bertz CT molecular complexity index is 238. The fourth-order valence-corrected chi connectivity index (χ4v) is 3.86. The lowest BCUT2D eigenvalue weighted by Gasteiger charge is -2.41. The summed E-state index contributed by atoms with van der Waals surface area (Å²) in [7, 11) is 0. The van der Waals surface area contributed by atoms with E-state index in [9.17, 15) is 0 Å². The Kier molecular flexibility index (Phi) is 4.45. The predicted octanol–water partition coefficient (Wildman–Crippen LogP) is 2.60. The van der Waals surface area contributed by atoms with Crippen LogP contribution in [0.15, 0.2) is 0 Å². The van der Waals surface area contributed by atoms with Crippen LogP contribution in [0.5, 0.6) is 0 Å². The van der Waals surface area contributed by atoms with E-state index in [-0.39, 0.29) is 5.60 Å². The van der Waals surface area contributed by atoms with Gasteiger partial charge in [-0.2, -0.15) is 0 Å². The Morgan fingerprint density at radius 2 is 2.24 bits per heavy atom. The molecule has 17 heavy (non-hydrogen) atoms. The molecule has 3 N–H and O–H groups in total. The topological polar surface area (TPSA) is 47.3 Å². The highest BCUT2D eigenvalue weighted by Gasteiger charge is 2.43. The first kappa shape index (κ1) is 13.3. The number of nitrogens with two attached hydrogens (primary N) is 1. The van der Waals surface area contributed by atoms with Crippen LogP contribution in [0.1, 0.15) is 58.8 Å². The molecule has 1 saturated carbocycles. The first-order valence-corrected chi connectivity index (χ1v) is 7.29. The molecule has 0 aromatic heterocycles. The van der Waals surface area contributed by atoms with Gasteiger partial charge in [-0.05, 0) is 44.4 Å². The van der Waals surface area contributed by atoms with E-state index in [4.69, 9.17) is 10.6 Å². The fourth-order valence-electron chi connectivity index (χ4n) is 3.86. The molecule has 100 valence electrons. The van der Waals surface area contributed by atoms with Gasteiger partial charge in [-0.3, -0.25) is 11.3 Å². The smallest absolute Gasteiger partial charge is 0.0823 e. The first-order valence-electron chi connectivity index (χ1n) is 7.29. The molecule has 0 bridgehead atoms. The Balaban J connectivity index is 2.01. The van der Waals surface area contributed by atoms with Crippen LogP contribution in [0, 0.1) is 11.8 Å². The molecule has 0 aromatic rings. The van der Waals surface area contributed by atoms with Gasteiger partial charge < -0.3 is 4.74 Å². The van der Waals surface area contributed by atoms with Crippen LogP contribution in [0.3, 0.4) is 0 Å². The summed E-state index contributed by atoms with van der Waals surface area (Å²) >= 11 is 0. The normalized spacial score (nSPS) is 40.4. The highest BCUT2D eigenvalue weighted by Crippen LogP contribution is 2.39. The lowest BCUT2D eigenvalue weighted by Crippen LogP contribution is -2.56. The summed E-state index contributed by atoms with van der Waals surface area (Å²) in [4.78, 5) is 0. The maximum absolute atomic E-state index is 5.97. The summed E-state index contributed by atoms with van der Waals surface area (Å²) in [5.74, 6) is 7.42. The van der Waals surface area contributed by atoms with Crippen LogP contribution < -0.4 is 11.3 Å². The standard InChI is InChI=1S/C14H28N2O/c1-3-11-6-4-7-12(10-11)13(16-15)14(2)8-5-9-17-14/h11-13,16H,3-10,15H2,1-2H3. The van der Waals surface area contributed by atoms with Crippen molar-refractivity contribution < 1.29 is 4.74 Å². The van der Waals surface area contributed by atoms with E-state index in [1.54, 1.807) is 0 Å². The molecule has 0 spiro atoms. The van der Waals surface area contributed by atoms with E-state index in [2.05, 4.69) is 19.3 Å². The Hall–Kier alpha value is -0.120. The summed E-state index contributed by atoms with van der Waals surface area (Å²) in [6.45, 7) is 5.45. The molecule has 0 radical (unpaired) electrons. The van der Waals surface area contributed by atoms with Crippen LogP contribution in [0.25, 0.3) is 0 Å². The van der Waals surface area contributed by atoms with Crippen LogP contribution in [-0.4, -0.2) is 18.2 Å². The van der Waals surface area contributed by atoms with Crippen molar-refractivity contribution in [1.29, 1.82) is 0 Å². The van der Waals surface area contributed by atoms with Crippen molar-refractivity contribution in [1.82, 2.24) is 5.43 Å². The summed E-state index contributed by atoms with van der Waals surface area (Å²) in [5, 5.41) is 0. The molecule has 4 unspecified atom stereocenters. The largest absolute Gasteiger partial charge is 0.374 e. The van der Waals surface area contributed by atoms with Crippen molar-refractivity contribution >= 4 is 0 Å². The van der Waals surface area contributed by atoms with Crippen molar-refractivity contribution in [2.24, 2.45) is 17.7 Å². The molecule has 2 aliphatic rings. The van der Waals surface area contributed by atoms with Crippen molar-refractivity contribution in [3.63, 3.8) is 0 Å². The van der Waals surface area contributed by atoms with E-state index in [1.165, 1.54) is 38.5 Å². The lowest BCUT2D eigenvalue weighted by molar-refractivity contribution is -0.0372. The van der Waals surface area contributed by atoms with Gasteiger partial charge in [-0.15, -0.1) is 0 Å². The minimum Gasteiger partial charge on any atom is -0.374 e. The van der Waals surface area contributed by atoms with Crippen LogP contribution in [0.2, 0.25) is 0 Å². The Morgan fingerprint density at radius 3 is 2.82 bits per heavy atom. The van der Waals surface area contributed by atoms with Crippen molar-refractivity contribution in [2.45, 2.75) is 70.4 Å². The molecule has 0 amide bonds. The average molecular weight is 240 g/mol. The van der Waals surface area contributed by atoms with Gasteiger partial charge in [0.05, 0.1) is 11.6 Å². The van der Waals surface area contributed by atoms with E-state index in [0.29, 0.717) is 12.0 Å². The number of nitrogens with one attached hydrogen (secondary N) is 1. The van der Waals surface area contributed by atoms with Crippen LogP contribution >= 0.6 is 0 Å². The van der Waals surface area contributed by atoms with Gasteiger partial charge in [0, 0.05) is 6.61 Å². The first-order chi connectivity index (χ1) is 8.19. The maximum Gasteiger partial charge on any atom is 0.0823 e. The molecule has 1 heterocycles. The lowest BCUT2D eigenvalue weighted by atomic mass is 9.72. The Morgan fingerprint density at radius 1 is 1.41 bits per heavy atom. The zero-order chi connectivity index (χ0) is 12.3. The van der Waals surface area contributed by atoms with E-state index >= 15 is 0 Å². The second-order valence-electron chi connectivity index (χ2n) is 6.11. The molecule has 0 aromatic carbocycles. The summed E-state index contributed by atoms with van der Waals surface area (Å²) in [6, 6.07) is 0.333. The van der Waals surface area contributed by atoms with Crippen molar-refractivity contribution in [3.05, 3.63) is 0 Å². The molecule has 2 rings (SSSR count). The second kappa shape index (κ2) is 5.68. The van der Waals surface area contributed by atoms with Gasteiger partial charge in [0.15, 0.2) is 0 Å². The van der Waals surface area contributed by atoms with Gasteiger partial charge in [0.1, 0.15) is 0 Å². The molecule has 1 aliphatic heterocycles. The SMILES string of the molecule is CCC1CCCC(C(NN)C2(C)CCCO2)C1. The molecule has 3 nitrogen and oxygen atoms in total. The van der Waals surface area contributed by atoms with Gasteiger partial charge in [-0.1, -0.05) is 26.2 Å². The van der Waals surface area contributed by atoms with Gasteiger partial charge in [0.25, 0.3) is 0 Å². The van der Waals surface area contributed by atoms with E-state index in [1.807, 2.05) is 0 Å². The molecule has 4 atom stereocenters. The zero-order valence-electron chi connectivity index (χ0n) is 11.4. The quantitative estimate of drug-likeness (QED) is 0.586. The highest BCUT2D eigenvalue weighted by atomic mass is 16.5. The summed E-state index contributed by atoms with van der Waals surface area (Å²) in [5.41, 5.74) is 3.04. The second-order valence-corrected chi connectivity index (χ2v) is 6.11. The van der Waals surface area contributed by atoms with E-state index < -0.39 is 0 Å². The van der Waals surface area contributed by atoms with Gasteiger partial charge in [-0.25, -0.2) is 0 Å². The van der Waals surface area contributed by atoms with Gasteiger partial charge in [0.2, 0.25) is 0 Å². The van der Waals surface area contributed by atoms with Crippen molar-refractivity contribution in [2.75, 3.05) is 6.61 Å². The van der Waals surface area contributed by atoms with Gasteiger partial charge >= 0.3 is 0 Å². The number of hydrogen-bond acceptors (Lipinski definition) is 3. The third-order valence-corrected chi connectivity index (χ3v) is 4.96. The summed E-state index contributed by atoms with van der Waals surface area (Å²) in [6.07, 6.45) is 9.03. The zero-order valence-corrected chi connectivity index (χ0v) is 11.4. The number of rotatable bonds is 4. The van der Waals surface area contributed by atoms with Crippen molar-refractivity contribution in [3.8, 4) is 0 Å². The minimum atomic E-state index is -0.0327. The molecular formula is C14H28N2O. The molecule has 1 saturated heterocycles. The Labute approximate surface area is 105 Å². The average Bonchev–Trinajstić information content (AvgIpc) is 2.78. The number of hydrazine groups is 1. The molecular weight excluding hydrogens is 212 g/mol. The minimum absolute atomic E-state index is 0.0327. The number of ether oxygens (including phenoxy) is 1. The third kappa shape index (κ3) is 2.83. The third-order valence-electron chi connectivity index (χ3n) is 4.96. The molecule has 3 heteroatoms.